The molecule has 0 aliphatic carbocycles. The van der Waals surface area contributed by atoms with E-state index in [4.69, 9.17) is 0 Å². The first-order chi connectivity index (χ1) is 9.70. The molecule has 4 nitrogen and oxygen atoms in total. The lowest BCUT2D eigenvalue weighted by Gasteiger charge is -2.12. The number of ketones is 1. The van der Waals surface area contributed by atoms with Crippen LogP contribution in [0.4, 0.5) is 13.2 Å². The smallest absolute Gasteiger partial charge is 0.312 e. The summed E-state index contributed by atoms with van der Waals surface area (Å²) in [6.07, 6.45) is -4.40. The number of rotatable bonds is 7. The highest BCUT2D eigenvalue weighted by molar-refractivity contribution is 7.54. The van der Waals surface area contributed by atoms with Crippen LogP contribution in [0.1, 0.15) is 17.5 Å². The molecule has 0 atom stereocenters. The maximum Gasteiger partial charge on any atom is 0.416 e. The van der Waals surface area contributed by atoms with Crippen molar-refractivity contribution in [3.05, 3.63) is 35.4 Å². The van der Waals surface area contributed by atoms with Crippen LogP contribution in [-0.2, 0) is 31.0 Å². The summed E-state index contributed by atoms with van der Waals surface area (Å²) in [7, 11) is -1.01. The van der Waals surface area contributed by atoms with E-state index in [1.165, 1.54) is 26.4 Å². The first kappa shape index (κ1) is 17.9. The maximum absolute atomic E-state index is 12.4. The van der Waals surface area contributed by atoms with Crippen molar-refractivity contribution in [1.82, 2.24) is 0 Å². The first-order valence-electron chi connectivity index (χ1n) is 6.08. The van der Waals surface area contributed by atoms with Crippen molar-refractivity contribution in [3.8, 4) is 0 Å². The number of halogens is 3. The van der Waals surface area contributed by atoms with Crippen molar-refractivity contribution in [3.63, 3.8) is 0 Å². The number of hydrogen-bond donors (Lipinski definition) is 0. The average Bonchev–Trinajstić information content (AvgIpc) is 2.44. The van der Waals surface area contributed by atoms with Crippen LogP contribution < -0.4 is 0 Å². The van der Waals surface area contributed by atoms with E-state index >= 15 is 0 Å². The number of carbonyl (C=O) groups is 1. The molecule has 1 rings (SSSR count). The summed E-state index contributed by atoms with van der Waals surface area (Å²) in [5, 5.41) is 0. The standard InChI is InChI=1S/C13H16F3O4P/c1-19-21(18,20-2)9-12(17)8-5-10-3-6-11(7-4-10)13(14,15)16/h3-4,6-7H,5,8-9H2,1-2H3. The third kappa shape index (κ3) is 5.61. The van der Waals surface area contributed by atoms with Crippen LogP contribution in [-0.4, -0.2) is 26.2 Å². The van der Waals surface area contributed by atoms with E-state index in [0.717, 1.165) is 12.1 Å². The van der Waals surface area contributed by atoms with Gasteiger partial charge in [-0.3, -0.25) is 9.36 Å². The molecule has 8 heteroatoms. The lowest BCUT2D eigenvalue weighted by Crippen LogP contribution is -2.09. The minimum Gasteiger partial charge on any atom is -0.312 e. The van der Waals surface area contributed by atoms with Gasteiger partial charge in [-0.2, -0.15) is 13.2 Å². The summed E-state index contributed by atoms with van der Waals surface area (Å²) < 4.78 is 58.2. The van der Waals surface area contributed by atoms with Crippen molar-refractivity contribution in [2.24, 2.45) is 0 Å². The molecule has 118 valence electrons. The minimum atomic E-state index is -4.38. The number of hydrogen-bond acceptors (Lipinski definition) is 4. The van der Waals surface area contributed by atoms with E-state index in [2.05, 4.69) is 9.05 Å². The van der Waals surface area contributed by atoms with Crippen LogP contribution in [0.2, 0.25) is 0 Å². The molecule has 0 aliphatic rings. The van der Waals surface area contributed by atoms with Crippen molar-refractivity contribution in [2.75, 3.05) is 20.4 Å². The molecule has 0 amide bonds. The number of carbonyl (C=O) groups excluding carboxylic acids is 1. The fourth-order valence-corrected chi connectivity index (χ4v) is 2.64. The summed E-state index contributed by atoms with van der Waals surface area (Å²) in [6.45, 7) is 0. The second-order valence-electron chi connectivity index (χ2n) is 4.37. The monoisotopic (exact) mass is 324 g/mol. The van der Waals surface area contributed by atoms with Crippen molar-refractivity contribution >= 4 is 13.4 Å². The molecule has 0 fully saturated rings. The van der Waals surface area contributed by atoms with Gasteiger partial charge in [0.05, 0.1) is 5.56 Å². The van der Waals surface area contributed by atoms with Crippen LogP contribution in [0.3, 0.4) is 0 Å². The highest BCUT2D eigenvalue weighted by Gasteiger charge is 2.30. The molecule has 0 aromatic heterocycles. The normalized spacial score (nSPS) is 12.4. The molecule has 0 saturated carbocycles. The lowest BCUT2D eigenvalue weighted by molar-refractivity contribution is -0.137. The number of alkyl halides is 3. The zero-order valence-electron chi connectivity index (χ0n) is 11.6. The van der Waals surface area contributed by atoms with Gasteiger partial charge >= 0.3 is 13.8 Å². The highest BCUT2D eigenvalue weighted by atomic mass is 31.2. The molecule has 0 radical (unpaired) electrons. The van der Waals surface area contributed by atoms with E-state index in [1.807, 2.05) is 0 Å². The number of Topliss-reactive ketones (excluding diaryl/α,β-unsaturated/α-hetero) is 1. The zero-order chi connectivity index (χ0) is 16.1. The Balaban J connectivity index is 2.56. The van der Waals surface area contributed by atoms with Gasteiger partial charge in [-0.25, -0.2) is 0 Å². The molecule has 21 heavy (non-hydrogen) atoms. The third-order valence-electron chi connectivity index (χ3n) is 2.90. The van der Waals surface area contributed by atoms with Crippen molar-refractivity contribution < 1.29 is 31.6 Å². The molecular weight excluding hydrogens is 308 g/mol. The summed E-state index contributed by atoms with van der Waals surface area (Å²) in [4.78, 5) is 11.7. The van der Waals surface area contributed by atoms with Gasteiger partial charge in [-0.05, 0) is 24.1 Å². The summed E-state index contributed by atoms with van der Waals surface area (Å²) >= 11 is 0. The van der Waals surface area contributed by atoms with Gasteiger partial charge in [0, 0.05) is 20.6 Å². The molecule has 0 N–H and O–H groups in total. The van der Waals surface area contributed by atoms with Crippen LogP contribution in [0.5, 0.6) is 0 Å². The van der Waals surface area contributed by atoms with Crippen LogP contribution in [0.15, 0.2) is 24.3 Å². The fraction of sp³-hybridized carbons (Fsp3) is 0.462. The maximum atomic E-state index is 12.4. The Hall–Kier alpha value is -1.17. The summed E-state index contributed by atoms with van der Waals surface area (Å²) in [6, 6.07) is 4.58. The van der Waals surface area contributed by atoms with Gasteiger partial charge in [0.1, 0.15) is 11.9 Å². The quantitative estimate of drug-likeness (QED) is 0.718. The predicted octanol–water partition coefficient (Wildman–Crippen LogP) is 3.69. The van der Waals surface area contributed by atoms with E-state index in [-0.39, 0.29) is 24.8 Å². The van der Waals surface area contributed by atoms with Crippen LogP contribution in [0.25, 0.3) is 0 Å². The third-order valence-corrected chi connectivity index (χ3v) is 4.75. The fourth-order valence-electron chi connectivity index (χ4n) is 1.64. The molecular formula is C13H16F3O4P. The lowest BCUT2D eigenvalue weighted by atomic mass is 10.1. The second-order valence-corrected chi connectivity index (χ2v) is 6.64. The molecule has 0 heterocycles. The largest absolute Gasteiger partial charge is 0.416 e. The Labute approximate surface area is 120 Å². The van der Waals surface area contributed by atoms with Crippen LogP contribution >= 0.6 is 7.60 Å². The Morgan fingerprint density at radius 2 is 1.67 bits per heavy atom. The number of benzene rings is 1. The highest BCUT2D eigenvalue weighted by Crippen LogP contribution is 2.46. The number of aryl methyl sites for hydroxylation is 1. The molecule has 0 bridgehead atoms. The van der Waals surface area contributed by atoms with Gasteiger partial charge in [0.15, 0.2) is 0 Å². The molecule has 0 unspecified atom stereocenters. The molecule has 0 saturated heterocycles. The van der Waals surface area contributed by atoms with Crippen molar-refractivity contribution in [2.45, 2.75) is 19.0 Å². The topological polar surface area (TPSA) is 52.6 Å². The molecule has 1 aromatic carbocycles. The van der Waals surface area contributed by atoms with Gasteiger partial charge in [-0.1, -0.05) is 12.1 Å². The van der Waals surface area contributed by atoms with E-state index in [1.54, 1.807) is 0 Å². The Kier molecular flexibility index (Phi) is 6.13. The van der Waals surface area contributed by atoms with Crippen LogP contribution in [0, 0.1) is 0 Å². The van der Waals surface area contributed by atoms with E-state index in [9.17, 15) is 22.5 Å². The van der Waals surface area contributed by atoms with Gasteiger partial charge in [-0.15, -0.1) is 0 Å². The molecule has 0 aliphatic heterocycles. The zero-order valence-corrected chi connectivity index (χ0v) is 12.5. The summed E-state index contributed by atoms with van der Waals surface area (Å²) in [5.74, 6) is -0.332. The predicted molar refractivity (Wildman–Crippen MR) is 71.3 cm³/mol. The molecule has 1 aromatic rings. The minimum absolute atomic E-state index is 0.0576. The first-order valence-corrected chi connectivity index (χ1v) is 7.81. The van der Waals surface area contributed by atoms with Gasteiger partial charge < -0.3 is 9.05 Å². The SMILES string of the molecule is COP(=O)(CC(=O)CCc1ccc(C(F)(F)F)cc1)OC. The summed E-state index contributed by atoms with van der Waals surface area (Å²) in [5.41, 5.74) is -0.137. The van der Waals surface area contributed by atoms with E-state index in [0.29, 0.717) is 5.56 Å². The Morgan fingerprint density at radius 3 is 2.10 bits per heavy atom. The van der Waals surface area contributed by atoms with Gasteiger partial charge in [0.2, 0.25) is 0 Å². The van der Waals surface area contributed by atoms with E-state index < -0.39 is 19.3 Å². The Bertz CT molecular complexity index is 517. The molecule has 0 spiro atoms. The van der Waals surface area contributed by atoms with Gasteiger partial charge in [0.25, 0.3) is 0 Å². The average molecular weight is 324 g/mol. The van der Waals surface area contributed by atoms with Crippen molar-refractivity contribution in [1.29, 1.82) is 0 Å². The Morgan fingerprint density at radius 1 is 1.14 bits per heavy atom. The second kappa shape index (κ2) is 7.20.